The summed E-state index contributed by atoms with van der Waals surface area (Å²) in [6.07, 6.45) is 0. The quantitative estimate of drug-likeness (QED) is 0.883. The lowest BCUT2D eigenvalue weighted by molar-refractivity contribution is 0.591. The van der Waals surface area contributed by atoms with Crippen molar-refractivity contribution in [3.05, 3.63) is 53.6 Å². The maximum absolute atomic E-state index is 12.9. The van der Waals surface area contributed by atoms with Crippen LogP contribution in [0.2, 0.25) is 0 Å². The molecule has 0 aliphatic rings. The van der Waals surface area contributed by atoms with E-state index in [-0.39, 0.29) is 0 Å². The molecular weight excluding hydrogens is 284 g/mol. The number of aryl methyl sites for hydroxylation is 2. The molecule has 2 N–H and O–H groups in total. The first-order chi connectivity index (χ1) is 9.86. The zero-order chi connectivity index (χ0) is 15.6. The fourth-order valence-electron chi connectivity index (χ4n) is 2.28. The van der Waals surface area contributed by atoms with E-state index >= 15 is 0 Å². The predicted octanol–water partition coefficient (Wildman–Crippen LogP) is 3.10. The Morgan fingerprint density at radius 2 is 1.67 bits per heavy atom. The van der Waals surface area contributed by atoms with Gasteiger partial charge in [-0.15, -0.1) is 0 Å². The molecule has 0 aliphatic carbocycles. The Morgan fingerprint density at radius 3 is 2.19 bits per heavy atom. The van der Waals surface area contributed by atoms with Gasteiger partial charge in [-0.25, -0.2) is 8.42 Å². The van der Waals surface area contributed by atoms with Crippen LogP contribution >= 0.6 is 0 Å². The van der Waals surface area contributed by atoms with Crippen molar-refractivity contribution in [2.75, 3.05) is 16.6 Å². The fourth-order valence-corrected chi connectivity index (χ4v) is 3.97. The van der Waals surface area contributed by atoms with Crippen LogP contribution in [0.4, 0.5) is 11.4 Å². The third kappa shape index (κ3) is 3.03. The van der Waals surface area contributed by atoms with Crippen molar-refractivity contribution in [3.63, 3.8) is 0 Å². The molecule has 4 nitrogen and oxygen atoms in total. The summed E-state index contributed by atoms with van der Waals surface area (Å²) in [5.41, 5.74) is 8.67. The van der Waals surface area contributed by atoms with Gasteiger partial charge in [0.15, 0.2) is 0 Å². The van der Waals surface area contributed by atoms with Crippen LogP contribution < -0.4 is 10.0 Å². The van der Waals surface area contributed by atoms with Crippen molar-refractivity contribution in [2.45, 2.75) is 25.7 Å². The molecule has 0 bridgehead atoms. The Balaban J connectivity index is 2.51. The lowest BCUT2D eigenvalue weighted by atomic mass is 10.2. The van der Waals surface area contributed by atoms with Gasteiger partial charge in [0, 0.05) is 12.2 Å². The van der Waals surface area contributed by atoms with Gasteiger partial charge in [-0.3, -0.25) is 4.31 Å². The number of sulfonamides is 1. The van der Waals surface area contributed by atoms with Gasteiger partial charge >= 0.3 is 0 Å². The SMILES string of the molecule is CCN(c1ccc(C)cc1)S(=O)(=O)c1ccc(N)cc1C. The molecular formula is C16H20N2O2S. The van der Waals surface area contributed by atoms with Gasteiger partial charge in [-0.2, -0.15) is 0 Å². The van der Waals surface area contributed by atoms with Crippen molar-refractivity contribution in [1.29, 1.82) is 0 Å². The molecule has 0 aromatic heterocycles. The van der Waals surface area contributed by atoms with Crippen LogP contribution in [0, 0.1) is 13.8 Å². The number of anilines is 2. The normalized spacial score (nSPS) is 11.4. The van der Waals surface area contributed by atoms with Gasteiger partial charge in [0.1, 0.15) is 0 Å². The summed E-state index contributed by atoms with van der Waals surface area (Å²) in [5, 5.41) is 0. The molecule has 0 spiro atoms. The molecule has 0 amide bonds. The number of nitrogens with zero attached hydrogens (tertiary/aromatic N) is 1. The van der Waals surface area contributed by atoms with Crippen molar-refractivity contribution in [1.82, 2.24) is 0 Å². The molecule has 21 heavy (non-hydrogen) atoms. The molecule has 0 saturated heterocycles. The number of rotatable bonds is 4. The number of hydrogen-bond donors (Lipinski definition) is 1. The smallest absolute Gasteiger partial charge is 0.264 e. The van der Waals surface area contributed by atoms with Crippen LogP contribution in [0.25, 0.3) is 0 Å². The molecule has 2 aromatic carbocycles. The predicted molar refractivity (Wildman–Crippen MR) is 87.0 cm³/mol. The summed E-state index contributed by atoms with van der Waals surface area (Å²) >= 11 is 0. The van der Waals surface area contributed by atoms with Gasteiger partial charge in [0.2, 0.25) is 0 Å². The highest BCUT2D eigenvalue weighted by molar-refractivity contribution is 7.92. The Kier molecular flexibility index (Phi) is 4.23. The van der Waals surface area contributed by atoms with Crippen LogP contribution in [-0.4, -0.2) is 15.0 Å². The largest absolute Gasteiger partial charge is 0.399 e. The third-order valence-corrected chi connectivity index (χ3v) is 5.44. The molecule has 0 atom stereocenters. The molecule has 112 valence electrons. The summed E-state index contributed by atoms with van der Waals surface area (Å²) in [6.45, 7) is 5.92. The first kappa shape index (κ1) is 15.4. The van der Waals surface area contributed by atoms with Gasteiger partial charge < -0.3 is 5.73 Å². The van der Waals surface area contributed by atoms with E-state index in [1.54, 1.807) is 25.1 Å². The number of nitrogen functional groups attached to an aromatic ring is 1. The monoisotopic (exact) mass is 304 g/mol. The molecule has 0 heterocycles. The number of benzene rings is 2. The Hall–Kier alpha value is -2.01. The second kappa shape index (κ2) is 5.77. The second-order valence-corrected chi connectivity index (χ2v) is 6.86. The lowest BCUT2D eigenvalue weighted by Crippen LogP contribution is -2.31. The molecule has 0 fully saturated rings. The first-order valence-electron chi connectivity index (χ1n) is 6.82. The Bertz CT molecular complexity index is 737. The highest BCUT2D eigenvalue weighted by Crippen LogP contribution is 2.26. The van der Waals surface area contributed by atoms with E-state index in [0.29, 0.717) is 28.4 Å². The molecule has 0 saturated carbocycles. The third-order valence-electron chi connectivity index (χ3n) is 3.38. The molecule has 5 heteroatoms. The Morgan fingerprint density at radius 1 is 1.05 bits per heavy atom. The summed E-state index contributed by atoms with van der Waals surface area (Å²) in [4.78, 5) is 0.291. The van der Waals surface area contributed by atoms with Crippen molar-refractivity contribution in [3.8, 4) is 0 Å². The molecule has 2 rings (SSSR count). The number of nitrogens with two attached hydrogens (primary N) is 1. The van der Waals surface area contributed by atoms with Crippen LogP contribution in [-0.2, 0) is 10.0 Å². The minimum absolute atomic E-state index is 0.291. The maximum Gasteiger partial charge on any atom is 0.264 e. The van der Waals surface area contributed by atoms with Gasteiger partial charge in [0.05, 0.1) is 10.6 Å². The highest BCUT2D eigenvalue weighted by atomic mass is 32.2. The molecule has 2 aromatic rings. The van der Waals surface area contributed by atoms with E-state index in [2.05, 4.69) is 0 Å². The minimum Gasteiger partial charge on any atom is -0.399 e. The average Bonchev–Trinajstić information content (AvgIpc) is 2.41. The lowest BCUT2D eigenvalue weighted by Gasteiger charge is -2.24. The zero-order valence-electron chi connectivity index (χ0n) is 12.5. The fraction of sp³-hybridized carbons (Fsp3) is 0.250. The Labute approximate surface area is 126 Å². The van der Waals surface area contributed by atoms with E-state index in [0.717, 1.165) is 5.56 Å². The van der Waals surface area contributed by atoms with E-state index in [4.69, 9.17) is 5.73 Å². The maximum atomic E-state index is 12.9. The van der Waals surface area contributed by atoms with Crippen molar-refractivity contribution < 1.29 is 8.42 Å². The van der Waals surface area contributed by atoms with E-state index in [1.807, 2.05) is 38.1 Å². The zero-order valence-corrected chi connectivity index (χ0v) is 13.3. The van der Waals surface area contributed by atoms with Crippen molar-refractivity contribution in [2.24, 2.45) is 0 Å². The summed E-state index contributed by atoms with van der Waals surface area (Å²) in [5.74, 6) is 0. The van der Waals surface area contributed by atoms with E-state index < -0.39 is 10.0 Å². The average molecular weight is 304 g/mol. The van der Waals surface area contributed by atoms with E-state index in [9.17, 15) is 8.42 Å². The standard InChI is InChI=1S/C16H20N2O2S/c1-4-18(15-8-5-12(2)6-9-15)21(19,20)16-10-7-14(17)11-13(16)3/h5-11H,4,17H2,1-3H3. The topological polar surface area (TPSA) is 63.4 Å². The van der Waals surface area contributed by atoms with Crippen LogP contribution in [0.3, 0.4) is 0 Å². The number of hydrogen-bond acceptors (Lipinski definition) is 3. The highest BCUT2D eigenvalue weighted by Gasteiger charge is 2.25. The van der Waals surface area contributed by atoms with E-state index in [1.165, 1.54) is 4.31 Å². The first-order valence-corrected chi connectivity index (χ1v) is 8.26. The summed E-state index contributed by atoms with van der Waals surface area (Å²) in [7, 11) is -3.59. The molecule has 0 unspecified atom stereocenters. The van der Waals surface area contributed by atoms with Gasteiger partial charge in [-0.1, -0.05) is 17.7 Å². The summed E-state index contributed by atoms with van der Waals surface area (Å²) in [6, 6.07) is 12.3. The molecule has 0 aliphatic heterocycles. The second-order valence-electron chi connectivity index (χ2n) is 5.03. The van der Waals surface area contributed by atoms with Crippen LogP contribution in [0.1, 0.15) is 18.1 Å². The van der Waals surface area contributed by atoms with Gasteiger partial charge in [0.25, 0.3) is 10.0 Å². The van der Waals surface area contributed by atoms with Gasteiger partial charge in [-0.05, 0) is 56.7 Å². The van der Waals surface area contributed by atoms with Crippen LogP contribution in [0.5, 0.6) is 0 Å². The summed E-state index contributed by atoms with van der Waals surface area (Å²) < 4.78 is 27.1. The van der Waals surface area contributed by atoms with Crippen molar-refractivity contribution >= 4 is 21.4 Å². The minimum atomic E-state index is -3.59. The van der Waals surface area contributed by atoms with Crippen LogP contribution in [0.15, 0.2) is 47.4 Å². The molecule has 0 radical (unpaired) electrons.